The number of rotatable bonds is 4. The average molecular weight is 389 g/mol. The molecule has 0 saturated heterocycles. The molecular weight excluding hydrogens is 372 g/mol. The lowest BCUT2D eigenvalue weighted by Crippen LogP contribution is -2.49. The Morgan fingerprint density at radius 3 is 2.27 bits per heavy atom. The van der Waals surface area contributed by atoms with Gasteiger partial charge in [0.2, 0.25) is 5.96 Å². The summed E-state index contributed by atoms with van der Waals surface area (Å²) in [7, 11) is 0. The maximum atomic E-state index is 7.43. The fourth-order valence-electron chi connectivity index (χ4n) is 1.55. The van der Waals surface area contributed by atoms with Crippen molar-refractivity contribution in [2.45, 2.75) is 26.5 Å². The van der Waals surface area contributed by atoms with E-state index in [0.29, 0.717) is 20.6 Å². The van der Waals surface area contributed by atoms with Crippen LogP contribution in [0.25, 0.3) is 0 Å². The van der Waals surface area contributed by atoms with Gasteiger partial charge in [-0.3, -0.25) is 10.3 Å². The Hall–Kier alpha value is -1.08. The van der Waals surface area contributed by atoms with Crippen LogP contribution in [-0.4, -0.2) is 22.9 Å². The number of oxime groups is 1. The molecule has 22 heavy (non-hydrogen) atoms. The molecule has 0 aliphatic heterocycles. The van der Waals surface area contributed by atoms with Crippen LogP contribution in [-0.2, 0) is 11.4 Å². The molecule has 1 aromatic carbocycles. The molecule has 0 aliphatic rings. The van der Waals surface area contributed by atoms with Gasteiger partial charge < -0.3 is 16.3 Å². The number of nitrogens with one attached hydrogen (secondary N) is 1. The fraction of sp³-hybridized carbons (Fsp3) is 0.333. The van der Waals surface area contributed by atoms with E-state index >= 15 is 0 Å². The van der Waals surface area contributed by atoms with Gasteiger partial charge in [-0.2, -0.15) is 0 Å². The maximum Gasteiger partial charge on any atom is 0.240 e. The van der Waals surface area contributed by atoms with E-state index in [1.807, 2.05) is 13.8 Å². The summed E-state index contributed by atoms with van der Waals surface area (Å²) in [6.07, 6.45) is 0. The van der Waals surface area contributed by atoms with Crippen molar-refractivity contribution in [2.75, 3.05) is 0 Å². The highest BCUT2D eigenvalue weighted by molar-refractivity contribution is 6.43. The second kappa shape index (κ2) is 9.15. The Labute approximate surface area is 150 Å². The average Bonchev–Trinajstić information content (AvgIpc) is 2.34. The second-order valence-electron chi connectivity index (χ2n) is 4.43. The zero-order valence-corrected chi connectivity index (χ0v) is 15.0. The first kappa shape index (κ1) is 20.9. The number of nitrogens with zero attached hydrogens (tertiary/aromatic N) is 2. The number of nitrogens with two attached hydrogens (primary N) is 2. The monoisotopic (exact) mass is 387 g/mol. The summed E-state index contributed by atoms with van der Waals surface area (Å²) in [6.45, 7) is 3.69. The number of halogens is 4. The molecule has 5 N–H and O–H groups in total. The molecule has 0 heterocycles. The minimum atomic E-state index is -0.220. The summed E-state index contributed by atoms with van der Waals surface area (Å²) in [6, 6.07) is 2.99. The molecule has 1 rings (SSSR count). The van der Waals surface area contributed by atoms with Gasteiger partial charge >= 0.3 is 0 Å². The Bertz CT molecular complexity index is 565. The van der Waals surface area contributed by atoms with Crippen LogP contribution in [0, 0.1) is 5.41 Å². The van der Waals surface area contributed by atoms with Gasteiger partial charge in [-0.15, -0.1) is 12.4 Å². The summed E-state index contributed by atoms with van der Waals surface area (Å²) in [5.41, 5.74) is 11.8. The highest BCUT2D eigenvalue weighted by Crippen LogP contribution is 2.29. The van der Waals surface area contributed by atoms with E-state index in [1.165, 1.54) is 11.0 Å². The van der Waals surface area contributed by atoms with E-state index in [4.69, 9.17) is 56.5 Å². The number of benzene rings is 1. The van der Waals surface area contributed by atoms with Gasteiger partial charge in [0.05, 0.1) is 10.0 Å². The Morgan fingerprint density at radius 1 is 1.23 bits per heavy atom. The first-order valence-electron chi connectivity index (χ1n) is 5.96. The molecule has 0 amide bonds. The number of hydrogen-bond donors (Lipinski definition) is 3. The quantitative estimate of drug-likeness (QED) is 0.318. The van der Waals surface area contributed by atoms with E-state index in [0.717, 1.165) is 0 Å². The van der Waals surface area contributed by atoms with Gasteiger partial charge in [-0.1, -0.05) is 34.8 Å². The highest BCUT2D eigenvalue weighted by Gasteiger charge is 2.15. The molecule has 0 radical (unpaired) electrons. The van der Waals surface area contributed by atoms with E-state index in [1.54, 1.807) is 6.07 Å². The topological polar surface area (TPSA) is 101 Å². The van der Waals surface area contributed by atoms with Gasteiger partial charge in [0, 0.05) is 16.6 Å². The lowest BCUT2D eigenvalue weighted by molar-refractivity contribution is 0.126. The predicted molar refractivity (Wildman–Crippen MR) is 94.0 cm³/mol. The van der Waals surface area contributed by atoms with Crippen LogP contribution in [0.4, 0.5) is 0 Å². The Kier molecular flexibility index (Phi) is 8.70. The van der Waals surface area contributed by atoms with Gasteiger partial charge in [0.25, 0.3) is 0 Å². The first-order chi connectivity index (χ1) is 9.73. The summed E-state index contributed by atoms with van der Waals surface area (Å²) < 4.78 is 0. The lowest BCUT2D eigenvalue weighted by Gasteiger charge is -2.24. The van der Waals surface area contributed by atoms with E-state index < -0.39 is 0 Å². The molecule has 1 aromatic rings. The highest BCUT2D eigenvalue weighted by atomic mass is 35.5. The van der Waals surface area contributed by atoms with Crippen LogP contribution in [0.3, 0.4) is 0 Å². The number of guanidine groups is 2. The number of hydrogen-bond acceptors (Lipinski definition) is 3. The minimum absolute atomic E-state index is 0. The SMILES string of the molecule is CC(C)N(C(=N)N)C(N)=NOCc1cc(Cl)c(Cl)cc1Cl.Cl. The van der Waals surface area contributed by atoms with Gasteiger partial charge in [-0.25, -0.2) is 0 Å². The molecule has 0 unspecified atom stereocenters. The normalized spacial score (nSPS) is 11.1. The maximum absolute atomic E-state index is 7.43. The summed E-state index contributed by atoms with van der Waals surface area (Å²) in [5, 5.41) is 12.3. The van der Waals surface area contributed by atoms with Crippen LogP contribution in [0.1, 0.15) is 19.4 Å². The molecule has 0 aromatic heterocycles. The van der Waals surface area contributed by atoms with Crippen molar-refractivity contribution in [3.8, 4) is 0 Å². The molecule has 0 aliphatic carbocycles. The van der Waals surface area contributed by atoms with Gasteiger partial charge in [0.1, 0.15) is 6.61 Å². The Balaban J connectivity index is 0.00000441. The molecule has 0 atom stereocenters. The van der Waals surface area contributed by atoms with Gasteiger partial charge in [-0.05, 0) is 31.1 Å². The molecule has 0 spiro atoms. The zero-order chi connectivity index (χ0) is 16.2. The molecular formula is C12H17Cl4N5O. The fourth-order valence-corrected chi connectivity index (χ4v) is 2.18. The smallest absolute Gasteiger partial charge is 0.240 e. The minimum Gasteiger partial charge on any atom is -0.388 e. The van der Waals surface area contributed by atoms with Crippen molar-refractivity contribution in [2.24, 2.45) is 16.6 Å². The largest absolute Gasteiger partial charge is 0.388 e. The zero-order valence-electron chi connectivity index (χ0n) is 11.9. The Morgan fingerprint density at radius 2 is 1.77 bits per heavy atom. The van der Waals surface area contributed by atoms with Crippen LogP contribution < -0.4 is 11.5 Å². The van der Waals surface area contributed by atoms with E-state index in [2.05, 4.69) is 5.16 Å². The molecule has 124 valence electrons. The van der Waals surface area contributed by atoms with Crippen molar-refractivity contribution >= 4 is 59.1 Å². The van der Waals surface area contributed by atoms with Crippen molar-refractivity contribution in [1.82, 2.24) is 4.90 Å². The third-order valence-electron chi connectivity index (χ3n) is 2.49. The third-order valence-corrected chi connectivity index (χ3v) is 3.56. The molecule has 10 heteroatoms. The van der Waals surface area contributed by atoms with Crippen molar-refractivity contribution in [3.05, 3.63) is 32.8 Å². The summed E-state index contributed by atoms with van der Waals surface area (Å²) in [5.74, 6) is -0.240. The first-order valence-corrected chi connectivity index (χ1v) is 7.09. The molecule has 0 bridgehead atoms. The van der Waals surface area contributed by atoms with E-state index in [-0.39, 0.29) is 37.0 Å². The molecule has 0 fully saturated rings. The third kappa shape index (κ3) is 5.61. The molecule has 6 nitrogen and oxygen atoms in total. The predicted octanol–water partition coefficient (Wildman–Crippen LogP) is 3.42. The summed E-state index contributed by atoms with van der Waals surface area (Å²) in [4.78, 5) is 6.44. The van der Waals surface area contributed by atoms with Crippen molar-refractivity contribution in [3.63, 3.8) is 0 Å². The van der Waals surface area contributed by atoms with Crippen LogP contribution >= 0.6 is 47.2 Å². The standard InChI is InChI=1S/C12H16Cl3N5O.ClH/c1-6(2)20(11(16)17)12(18)19-21-5-7-3-9(14)10(15)4-8(7)13;/h3-4,6H,5H2,1-2H3,(H3,16,17)(H2,18,19);1H. The van der Waals surface area contributed by atoms with Crippen LogP contribution in [0.15, 0.2) is 17.3 Å². The lowest BCUT2D eigenvalue weighted by atomic mass is 10.2. The van der Waals surface area contributed by atoms with Crippen LogP contribution in [0.2, 0.25) is 15.1 Å². The molecule has 0 saturated carbocycles. The van der Waals surface area contributed by atoms with Crippen LogP contribution in [0.5, 0.6) is 0 Å². The summed E-state index contributed by atoms with van der Waals surface area (Å²) >= 11 is 17.7. The van der Waals surface area contributed by atoms with Crippen molar-refractivity contribution in [1.29, 1.82) is 5.41 Å². The second-order valence-corrected chi connectivity index (χ2v) is 5.65. The van der Waals surface area contributed by atoms with Gasteiger partial charge in [0.15, 0.2) is 5.96 Å². The van der Waals surface area contributed by atoms with Crippen molar-refractivity contribution < 1.29 is 4.84 Å². The van der Waals surface area contributed by atoms with E-state index in [9.17, 15) is 0 Å².